The Bertz CT molecular complexity index is 1040. The van der Waals surface area contributed by atoms with Crippen molar-refractivity contribution in [2.24, 2.45) is 0 Å². The monoisotopic (exact) mass is 539 g/mol. The highest BCUT2D eigenvalue weighted by molar-refractivity contribution is 7.85. The van der Waals surface area contributed by atoms with Crippen LogP contribution in [0.5, 0.6) is 0 Å². The Labute approximate surface area is 187 Å². The van der Waals surface area contributed by atoms with Crippen LogP contribution in [0.2, 0.25) is 0 Å². The minimum atomic E-state index is -4.77. The predicted molar refractivity (Wildman–Crippen MR) is 110 cm³/mol. The number of nitro benzene ring substituents is 1. The fourth-order valence-corrected chi connectivity index (χ4v) is 5.31. The number of hydrogen-bond donors (Lipinski definition) is 0. The van der Waals surface area contributed by atoms with Crippen LogP contribution in [0.25, 0.3) is 0 Å². The van der Waals surface area contributed by atoms with Crippen LogP contribution in [0.3, 0.4) is 0 Å². The highest BCUT2D eigenvalue weighted by atomic mass is 127. The van der Waals surface area contributed by atoms with Crippen molar-refractivity contribution in [3.63, 3.8) is 0 Å². The van der Waals surface area contributed by atoms with Crippen LogP contribution in [0.15, 0.2) is 77.7 Å². The molecule has 0 aromatic heterocycles. The number of halogens is 1. The van der Waals surface area contributed by atoms with Crippen molar-refractivity contribution in [2.75, 3.05) is 0 Å². The molecular formula is C22H22INO5S. The summed E-state index contributed by atoms with van der Waals surface area (Å²) >= 11 is -0.00746. The minimum absolute atomic E-state index is 0.00746. The summed E-state index contributed by atoms with van der Waals surface area (Å²) in [5.41, 5.74) is 2.16. The second-order valence-electron chi connectivity index (χ2n) is 6.23. The molecule has 0 radical (unpaired) electrons. The summed E-state index contributed by atoms with van der Waals surface area (Å²) in [6, 6.07) is 22.6. The first kappa shape index (κ1) is 24.0. The van der Waals surface area contributed by atoms with Crippen molar-refractivity contribution < 1.29 is 39.1 Å². The molecule has 3 rings (SSSR count). The van der Waals surface area contributed by atoms with E-state index >= 15 is 0 Å². The molecule has 0 atom stereocenters. The van der Waals surface area contributed by atoms with Crippen LogP contribution in [-0.2, 0) is 23.0 Å². The molecule has 0 N–H and O–H groups in total. The Balaban J connectivity index is 0.000000222. The molecule has 0 heterocycles. The van der Waals surface area contributed by atoms with E-state index in [1.807, 2.05) is 0 Å². The largest absolute Gasteiger partial charge is 0.744 e. The third-order valence-corrected chi connectivity index (χ3v) is 7.76. The van der Waals surface area contributed by atoms with Gasteiger partial charge in [-0.15, -0.1) is 0 Å². The predicted octanol–water partition coefficient (Wildman–Crippen LogP) is 1.44. The molecule has 0 saturated heterocycles. The number of benzene rings is 3. The van der Waals surface area contributed by atoms with E-state index < -0.39 is 25.6 Å². The van der Waals surface area contributed by atoms with Crippen molar-refractivity contribution in [1.82, 2.24) is 0 Å². The lowest BCUT2D eigenvalue weighted by Gasteiger charge is -2.06. The van der Waals surface area contributed by atoms with E-state index in [1.54, 1.807) is 0 Å². The normalized spacial score (nSPS) is 10.8. The number of hydrogen-bond acceptors (Lipinski definition) is 5. The van der Waals surface area contributed by atoms with Gasteiger partial charge >= 0.3 is 21.2 Å². The fraction of sp³-hybridized carbons (Fsp3) is 0.182. The lowest BCUT2D eigenvalue weighted by Crippen LogP contribution is -3.61. The number of rotatable bonds is 6. The quantitative estimate of drug-likeness (QED) is 0.204. The van der Waals surface area contributed by atoms with E-state index in [-0.39, 0.29) is 21.2 Å². The van der Waals surface area contributed by atoms with E-state index in [4.69, 9.17) is 0 Å². The third kappa shape index (κ3) is 7.19. The first-order chi connectivity index (χ1) is 14.2. The fourth-order valence-electron chi connectivity index (χ4n) is 2.51. The maximum absolute atomic E-state index is 10.5. The van der Waals surface area contributed by atoms with Gasteiger partial charge in [0.1, 0.15) is 15.0 Å². The molecule has 3 aromatic carbocycles. The number of aryl methyl sites for hydroxylation is 2. The minimum Gasteiger partial charge on any atom is -0.744 e. The SMILES string of the molecule is CCc1ccc([I+]c2ccc(CC)cc2)cc1.O=[N+]([O-])c1ccccc1S(=O)(=O)[O-]. The zero-order valence-electron chi connectivity index (χ0n) is 16.6. The summed E-state index contributed by atoms with van der Waals surface area (Å²) in [7, 11) is -4.77. The van der Waals surface area contributed by atoms with Gasteiger partial charge in [-0.05, 0) is 54.3 Å². The average Bonchev–Trinajstić information content (AvgIpc) is 2.74. The van der Waals surface area contributed by atoms with E-state index in [9.17, 15) is 23.1 Å². The first-order valence-corrected chi connectivity index (χ1v) is 12.8. The molecule has 0 unspecified atom stereocenters. The molecule has 0 fully saturated rings. The van der Waals surface area contributed by atoms with Crippen molar-refractivity contribution in [3.8, 4) is 0 Å². The van der Waals surface area contributed by atoms with Crippen molar-refractivity contribution in [2.45, 2.75) is 31.6 Å². The van der Waals surface area contributed by atoms with Gasteiger partial charge in [0, 0.05) is 6.07 Å². The van der Waals surface area contributed by atoms with Gasteiger partial charge in [0.05, 0.1) is 4.92 Å². The maximum Gasteiger partial charge on any atom is 0.357 e. The van der Waals surface area contributed by atoms with Gasteiger partial charge < -0.3 is 4.55 Å². The van der Waals surface area contributed by atoms with Crippen LogP contribution in [0.1, 0.15) is 25.0 Å². The summed E-state index contributed by atoms with van der Waals surface area (Å²) in [4.78, 5) is 8.55. The molecule has 0 aliphatic carbocycles. The Morgan fingerprint density at radius 2 is 1.23 bits per heavy atom. The third-order valence-electron chi connectivity index (χ3n) is 4.19. The standard InChI is InChI=1S/C16H18I.C6H5NO5S/c1-3-13-5-9-15(10-6-13)17-16-11-7-14(4-2)8-12-16;8-7(9)5-3-1-2-4-6(5)13(10,11)12/h5-12H,3-4H2,1-2H3;1-4H,(H,10,11,12)/q+1;/p-1. The molecule has 158 valence electrons. The van der Waals surface area contributed by atoms with Gasteiger partial charge in [0.25, 0.3) is 5.69 Å². The Morgan fingerprint density at radius 3 is 1.57 bits per heavy atom. The van der Waals surface area contributed by atoms with Crippen molar-refractivity contribution in [1.29, 1.82) is 0 Å². The summed E-state index contributed by atoms with van der Waals surface area (Å²) in [6.07, 6.45) is 2.26. The summed E-state index contributed by atoms with van der Waals surface area (Å²) < 4.78 is 34.5. The second kappa shape index (κ2) is 11.2. The molecule has 8 heteroatoms. The number of para-hydroxylation sites is 1. The Kier molecular flexibility index (Phi) is 8.94. The van der Waals surface area contributed by atoms with Gasteiger partial charge in [-0.1, -0.05) is 50.2 Å². The molecule has 0 aliphatic heterocycles. The molecule has 3 aromatic rings. The van der Waals surface area contributed by atoms with Gasteiger partial charge in [-0.2, -0.15) is 0 Å². The molecule has 0 aliphatic rings. The van der Waals surface area contributed by atoms with Crippen molar-refractivity contribution in [3.05, 3.63) is 101 Å². The second-order valence-corrected chi connectivity index (χ2v) is 10.6. The summed E-state index contributed by atoms with van der Waals surface area (Å²) in [6.45, 7) is 4.40. The topological polar surface area (TPSA) is 100 Å². The molecule has 0 amide bonds. The zero-order valence-corrected chi connectivity index (χ0v) is 19.6. The molecule has 0 saturated carbocycles. The molecule has 30 heavy (non-hydrogen) atoms. The highest BCUT2D eigenvalue weighted by Gasteiger charge is 2.17. The smallest absolute Gasteiger partial charge is 0.357 e. The molecular weight excluding hydrogens is 517 g/mol. The Morgan fingerprint density at radius 1 is 0.800 bits per heavy atom. The molecule has 0 bridgehead atoms. The summed E-state index contributed by atoms with van der Waals surface area (Å²) in [5, 5.41) is 10.3. The van der Waals surface area contributed by atoms with E-state index in [2.05, 4.69) is 62.4 Å². The molecule has 0 spiro atoms. The maximum atomic E-state index is 10.5. The lowest BCUT2D eigenvalue weighted by atomic mass is 10.2. The van der Waals surface area contributed by atoms with Crippen LogP contribution in [-0.4, -0.2) is 17.9 Å². The van der Waals surface area contributed by atoms with Crippen LogP contribution < -0.4 is 21.2 Å². The number of nitrogens with zero attached hydrogens (tertiary/aromatic N) is 1. The van der Waals surface area contributed by atoms with Crippen LogP contribution in [0.4, 0.5) is 5.69 Å². The highest BCUT2D eigenvalue weighted by Crippen LogP contribution is 2.21. The molecule has 6 nitrogen and oxygen atoms in total. The van der Waals surface area contributed by atoms with Gasteiger partial charge in [-0.3, -0.25) is 10.1 Å². The number of nitro groups is 1. The van der Waals surface area contributed by atoms with E-state index in [1.165, 1.54) is 30.4 Å². The van der Waals surface area contributed by atoms with E-state index in [0.29, 0.717) is 0 Å². The average molecular weight is 539 g/mol. The summed E-state index contributed by atoms with van der Waals surface area (Å²) in [5.74, 6) is 0. The van der Waals surface area contributed by atoms with Gasteiger partial charge in [-0.25, -0.2) is 8.42 Å². The van der Waals surface area contributed by atoms with Crippen molar-refractivity contribution >= 4 is 15.8 Å². The van der Waals surface area contributed by atoms with Gasteiger partial charge in [0.15, 0.2) is 7.14 Å². The lowest BCUT2D eigenvalue weighted by molar-refractivity contribution is -0.597. The Hall–Kier alpha value is -2.30. The van der Waals surface area contributed by atoms with E-state index in [0.717, 1.165) is 25.0 Å². The van der Waals surface area contributed by atoms with Gasteiger partial charge in [0.2, 0.25) is 0 Å². The van der Waals surface area contributed by atoms with Crippen LogP contribution >= 0.6 is 0 Å². The first-order valence-electron chi connectivity index (χ1n) is 9.26. The van der Waals surface area contributed by atoms with Crippen LogP contribution in [0, 0.1) is 17.3 Å². The zero-order chi connectivity index (χ0) is 22.1.